The number of thiophene rings is 1. The van der Waals surface area contributed by atoms with E-state index in [0.29, 0.717) is 12.1 Å². The lowest BCUT2D eigenvalue weighted by atomic mass is 10.1. The second-order valence-corrected chi connectivity index (χ2v) is 8.00. The Bertz CT molecular complexity index is 1030. The molecular weight excluding hydrogens is 400 g/mol. The van der Waals surface area contributed by atoms with Gasteiger partial charge in [0.05, 0.1) is 5.56 Å². The lowest BCUT2D eigenvalue weighted by Gasteiger charge is -2.13. The van der Waals surface area contributed by atoms with Gasteiger partial charge in [0, 0.05) is 41.7 Å². The molecule has 6 nitrogen and oxygen atoms in total. The Kier molecular flexibility index (Phi) is 7.19. The molecule has 2 aromatic heterocycles. The number of rotatable bonds is 10. The van der Waals surface area contributed by atoms with Crippen LogP contribution in [-0.2, 0) is 24.2 Å². The van der Waals surface area contributed by atoms with Crippen LogP contribution in [-0.4, -0.2) is 31.7 Å². The van der Waals surface area contributed by atoms with E-state index in [4.69, 9.17) is 5.11 Å². The number of aromatic nitrogens is 2. The van der Waals surface area contributed by atoms with Crippen molar-refractivity contribution in [3.8, 4) is 0 Å². The van der Waals surface area contributed by atoms with Gasteiger partial charge in [-0.1, -0.05) is 31.5 Å². The van der Waals surface area contributed by atoms with Crippen molar-refractivity contribution in [3.05, 3.63) is 81.1 Å². The Morgan fingerprint density at radius 1 is 1.17 bits per heavy atom. The van der Waals surface area contributed by atoms with Crippen molar-refractivity contribution < 1.29 is 19.8 Å². The highest BCUT2D eigenvalue weighted by Gasteiger charge is 2.16. The van der Waals surface area contributed by atoms with Gasteiger partial charge in [-0.3, -0.25) is 0 Å². The molecule has 156 valence electrons. The van der Waals surface area contributed by atoms with Crippen molar-refractivity contribution in [2.24, 2.45) is 0 Å². The maximum absolute atomic E-state index is 11.8. The minimum Gasteiger partial charge on any atom is -0.478 e. The molecule has 0 saturated carbocycles. The largest absolute Gasteiger partial charge is 0.478 e. The lowest BCUT2D eigenvalue weighted by Crippen LogP contribution is -2.12. The number of hydrogen-bond donors (Lipinski definition) is 2. The number of carbonyl (C=O) groups is 2. The second-order valence-electron chi connectivity index (χ2n) is 7.02. The Balaban J connectivity index is 1.91. The molecule has 0 atom stereocenters. The van der Waals surface area contributed by atoms with E-state index in [0.717, 1.165) is 41.2 Å². The molecule has 7 heteroatoms. The Morgan fingerprint density at radius 3 is 2.53 bits per heavy atom. The number of benzene rings is 1. The highest BCUT2D eigenvalue weighted by atomic mass is 32.1. The number of carboxylic acids is 2. The fourth-order valence-electron chi connectivity index (χ4n) is 3.19. The first-order chi connectivity index (χ1) is 14.5. The Hall–Kier alpha value is -3.19. The van der Waals surface area contributed by atoms with E-state index >= 15 is 0 Å². The summed E-state index contributed by atoms with van der Waals surface area (Å²) in [4.78, 5) is 28.4. The molecule has 3 aromatic rings. The van der Waals surface area contributed by atoms with Gasteiger partial charge >= 0.3 is 11.9 Å². The van der Waals surface area contributed by atoms with Crippen LogP contribution in [0.1, 0.15) is 52.1 Å². The molecule has 1 aromatic carbocycles. The standard InChI is InChI=1S/C23H24N2O4S/c1-2-3-6-21-24-14-19(12-18(23(28)29)13-20-5-4-11-30-20)25(21)15-16-7-9-17(10-8-16)22(26)27/h4-5,7-11,13-14H,2-3,6,12,15H2,1H3,(H,26,27)(H,28,29)/b18-13-. The number of carboxylic acid groups (broad SMARTS) is 2. The Labute approximate surface area is 179 Å². The summed E-state index contributed by atoms with van der Waals surface area (Å²) in [6.45, 7) is 2.63. The van der Waals surface area contributed by atoms with Gasteiger partial charge in [-0.25, -0.2) is 14.6 Å². The minimum atomic E-state index is -0.960. The molecule has 0 fully saturated rings. The second kappa shape index (κ2) is 10.0. The molecule has 2 heterocycles. The van der Waals surface area contributed by atoms with Crippen LogP contribution >= 0.6 is 11.3 Å². The predicted molar refractivity (Wildman–Crippen MR) is 117 cm³/mol. The molecule has 0 aliphatic carbocycles. The zero-order valence-electron chi connectivity index (χ0n) is 16.7. The quantitative estimate of drug-likeness (QED) is 0.459. The highest BCUT2D eigenvalue weighted by molar-refractivity contribution is 7.10. The zero-order valence-corrected chi connectivity index (χ0v) is 17.6. The van der Waals surface area contributed by atoms with Crippen LogP contribution in [0.15, 0.2) is 53.5 Å². The van der Waals surface area contributed by atoms with Gasteiger partial charge in [-0.2, -0.15) is 0 Å². The average molecular weight is 425 g/mol. The summed E-state index contributed by atoms with van der Waals surface area (Å²) >= 11 is 1.50. The number of aromatic carboxylic acids is 1. The van der Waals surface area contributed by atoms with E-state index in [1.165, 1.54) is 11.3 Å². The predicted octanol–water partition coefficient (Wildman–Crippen LogP) is 4.74. The van der Waals surface area contributed by atoms with Gasteiger partial charge in [0.25, 0.3) is 0 Å². The van der Waals surface area contributed by atoms with Crippen molar-refractivity contribution in [1.82, 2.24) is 9.55 Å². The molecule has 2 N–H and O–H groups in total. The molecule has 0 saturated heterocycles. The van der Waals surface area contributed by atoms with Gasteiger partial charge in [0.2, 0.25) is 0 Å². The van der Waals surface area contributed by atoms with E-state index in [2.05, 4.69) is 16.5 Å². The molecule has 0 unspecified atom stereocenters. The van der Waals surface area contributed by atoms with Crippen LogP contribution in [0.2, 0.25) is 0 Å². The third-order valence-corrected chi connectivity index (χ3v) is 5.64. The summed E-state index contributed by atoms with van der Waals surface area (Å²) in [6, 6.07) is 10.5. The van der Waals surface area contributed by atoms with E-state index in [9.17, 15) is 14.7 Å². The van der Waals surface area contributed by atoms with Crippen LogP contribution in [0.5, 0.6) is 0 Å². The van der Waals surface area contributed by atoms with Gasteiger partial charge in [-0.05, 0) is 41.6 Å². The van der Waals surface area contributed by atoms with Crippen LogP contribution in [0.3, 0.4) is 0 Å². The molecule has 0 bridgehead atoms. The molecule has 0 radical (unpaired) electrons. The van der Waals surface area contributed by atoms with Crippen LogP contribution < -0.4 is 0 Å². The van der Waals surface area contributed by atoms with Crippen molar-refractivity contribution in [1.29, 1.82) is 0 Å². The van der Waals surface area contributed by atoms with E-state index < -0.39 is 11.9 Å². The zero-order chi connectivity index (χ0) is 21.5. The van der Waals surface area contributed by atoms with Crippen molar-refractivity contribution in [2.45, 2.75) is 39.2 Å². The smallest absolute Gasteiger partial charge is 0.335 e. The number of aliphatic carboxylic acids is 1. The highest BCUT2D eigenvalue weighted by Crippen LogP contribution is 2.20. The van der Waals surface area contributed by atoms with Crippen LogP contribution in [0, 0.1) is 0 Å². The van der Waals surface area contributed by atoms with Crippen molar-refractivity contribution in [2.75, 3.05) is 0 Å². The molecule has 0 amide bonds. The number of unbranched alkanes of at least 4 members (excludes halogenated alkanes) is 1. The first-order valence-corrected chi connectivity index (χ1v) is 10.7. The molecule has 0 spiro atoms. The molecule has 3 rings (SSSR count). The SMILES string of the molecule is CCCCc1ncc(C/C(=C/c2cccs2)C(=O)O)n1Cc1ccc(C(=O)O)cc1. The Morgan fingerprint density at radius 2 is 1.93 bits per heavy atom. The number of aryl methyl sites for hydroxylation is 1. The maximum atomic E-state index is 11.8. The molecule has 0 aliphatic rings. The van der Waals surface area contributed by atoms with Crippen LogP contribution in [0.25, 0.3) is 6.08 Å². The van der Waals surface area contributed by atoms with Gasteiger partial charge in [-0.15, -0.1) is 11.3 Å². The normalized spacial score (nSPS) is 11.6. The summed E-state index contributed by atoms with van der Waals surface area (Å²) < 4.78 is 2.05. The summed E-state index contributed by atoms with van der Waals surface area (Å²) in [5.41, 5.74) is 2.31. The maximum Gasteiger partial charge on any atom is 0.335 e. The summed E-state index contributed by atoms with van der Waals surface area (Å²) in [7, 11) is 0. The van der Waals surface area contributed by atoms with E-state index in [-0.39, 0.29) is 12.0 Å². The molecule has 30 heavy (non-hydrogen) atoms. The molecular formula is C23H24N2O4S. The lowest BCUT2D eigenvalue weighted by molar-refractivity contribution is -0.132. The van der Waals surface area contributed by atoms with Gasteiger partial charge in [0.1, 0.15) is 5.82 Å². The van der Waals surface area contributed by atoms with Crippen LogP contribution in [0.4, 0.5) is 0 Å². The van der Waals surface area contributed by atoms with Gasteiger partial charge < -0.3 is 14.8 Å². The van der Waals surface area contributed by atoms with Crippen molar-refractivity contribution >= 4 is 29.4 Å². The third kappa shape index (κ3) is 5.45. The fourth-order valence-corrected chi connectivity index (χ4v) is 3.87. The third-order valence-electron chi connectivity index (χ3n) is 4.82. The average Bonchev–Trinajstić information content (AvgIpc) is 3.37. The summed E-state index contributed by atoms with van der Waals surface area (Å²) in [6.07, 6.45) is 6.55. The first-order valence-electron chi connectivity index (χ1n) is 9.80. The minimum absolute atomic E-state index is 0.239. The fraction of sp³-hybridized carbons (Fsp3) is 0.261. The first kappa shape index (κ1) is 21.5. The molecule has 0 aliphatic heterocycles. The topological polar surface area (TPSA) is 92.4 Å². The number of hydrogen-bond acceptors (Lipinski definition) is 4. The van der Waals surface area contributed by atoms with Crippen molar-refractivity contribution in [3.63, 3.8) is 0 Å². The summed E-state index contributed by atoms with van der Waals surface area (Å²) in [5, 5.41) is 20.7. The summed E-state index contributed by atoms with van der Waals surface area (Å²) in [5.74, 6) is -0.995. The number of nitrogens with zero attached hydrogens (tertiary/aromatic N) is 2. The van der Waals surface area contributed by atoms with Gasteiger partial charge in [0.15, 0.2) is 0 Å². The van der Waals surface area contributed by atoms with E-state index in [1.807, 2.05) is 17.5 Å². The monoisotopic (exact) mass is 424 g/mol. The van der Waals surface area contributed by atoms with E-state index in [1.54, 1.807) is 36.5 Å². The number of imidazole rings is 1.